The maximum atomic E-state index is 5.73. The third-order valence-electron chi connectivity index (χ3n) is 2.34. The molecular formula is C13H21N3O. The predicted molar refractivity (Wildman–Crippen MR) is 71.3 cm³/mol. The lowest BCUT2D eigenvalue weighted by Gasteiger charge is -2.09. The van der Waals surface area contributed by atoms with E-state index >= 15 is 0 Å². The van der Waals surface area contributed by atoms with Crippen LogP contribution in [0, 0.1) is 6.92 Å². The summed E-state index contributed by atoms with van der Waals surface area (Å²) in [7, 11) is 1.67. The average Bonchev–Trinajstić information content (AvgIpc) is 2.27. The molecule has 0 aliphatic carbocycles. The van der Waals surface area contributed by atoms with Crippen LogP contribution in [0.2, 0.25) is 0 Å². The maximum absolute atomic E-state index is 5.73. The minimum absolute atomic E-state index is 0.298. The van der Waals surface area contributed by atoms with Gasteiger partial charge in [-0.15, -0.1) is 0 Å². The molecule has 0 aliphatic heterocycles. The van der Waals surface area contributed by atoms with E-state index in [9.17, 15) is 0 Å². The fourth-order valence-corrected chi connectivity index (χ4v) is 1.48. The zero-order valence-electron chi connectivity index (χ0n) is 10.9. The summed E-state index contributed by atoms with van der Waals surface area (Å²) < 4.78 is 5.26. The van der Waals surface area contributed by atoms with Gasteiger partial charge in [0.2, 0.25) is 0 Å². The molecule has 4 nitrogen and oxygen atoms in total. The molecular weight excluding hydrogens is 214 g/mol. The van der Waals surface area contributed by atoms with Gasteiger partial charge in [0, 0.05) is 6.04 Å². The topological polar surface area (TPSA) is 59.6 Å². The number of ether oxygens (including phenoxy) is 1. The largest absolute Gasteiger partial charge is 0.496 e. The molecule has 17 heavy (non-hydrogen) atoms. The standard InChI is InChI=1S/C13H21N3O/c1-9(2)16-13(14)15-8-11-6-5-10(3)12(7-11)17-4/h5-7,9H,8H2,1-4H3,(H3,14,15,16). The Kier molecular flexibility index (Phi) is 4.82. The number of hydrogen-bond donors (Lipinski definition) is 2. The number of aliphatic imine (C=N–C) groups is 1. The second-order valence-corrected chi connectivity index (χ2v) is 4.30. The zero-order valence-corrected chi connectivity index (χ0v) is 10.9. The Labute approximate surface area is 103 Å². The van der Waals surface area contributed by atoms with Gasteiger partial charge in [-0.1, -0.05) is 12.1 Å². The third-order valence-corrected chi connectivity index (χ3v) is 2.34. The van der Waals surface area contributed by atoms with Crippen molar-refractivity contribution in [2.24, 2.45) is 10.7 Å². The first kappa shape index (κ1) is 13.4. The Balaban J connectivity index is 2.69. The van der Waals surface area contributed by atoms with E-state index in [1.807, 2.05) is 39.0 Å². The summed E-state index contributed by atoms with van der Waals surface area (Å²) in [6, 6.07) is 6.34. The number of guanidine groups is 1. The van der Waals surface area contributed by atoms with Crippen LogP contribution >= 0.6 is 0 Å². The molecule has 0 heterocycles. The van der Waals surface area contributed by atoms with Crippen molar-refractivity contribution >= 4 is 5.96 Å². The van der Waals surface area contributed by atoms with E-state index in [1.165, 1.54) is 0 Å². The number of nitrogens with two attached hydrogens (primary N) is 1. The van der Waals surface area contributed by atoms with E-state index in [-0.39, 0.29) is 0 Å². The summed E-state index contributed by atoms with van der Waals surface area (Å²) in [4.78, 5) is 4.27. The van der Waals surface area contributed by atoms with E-state index in [4.69, 9.17) is 10.5 Å². The second-order valence-electron chi connectivity index (χ2n) is 4.30. The predicted octanol–water partition coefficient (Wildman–Crippen LogP) is 1.82. The Hall–Kier alpha value is -1.71. The first-order chi connectivity index (χ1) is 8.02. The van der Waals surface area contributed by atoms with Crippen LogP contribution in [-0.4, -0.2) is 19.1 Å². The van der Waals surface area contributed by atoms with E-state index in [0.29, 0.717) is 18.5 Å². The number of nitrogens with one attached hydrogen (secondary N) is 1. The van der Waals surface area contributed by atoms with Gasteiger partial charge in [0.25, 0.3) is 0 Å². The third kappa shape index (κ3) is 4.34. The number of rotatable bonds is 4. The summed E-state index contributed by atoms with van der Waals surface area (Å²) in [5.74, 6) is 1.35. The quantitative estimate of drug-likeness (QED) is 0.618. The Bertz CT molecular complexity index is 400. The highest BCUT2D eigenvalue weighted by Crippen LogP contribution is 2.19. The average molecular weight is 235 g/mol. The van der Waals surface area contributed by atoms with Gasteiger partial charge in [-0.2, -0.15) is 0 Å². The van der Waals surface area contributed by atoms with Gasteiger partial charge in [-0.25, -0.2) is 4.99 Å². The van der Waals surface area contributed by atoms with Crippen LogP contribution in [0.5, 0.6) is 5.75 Å². The van der Waals surface area contributed by atoms with Crippen LogP contribution in [0.25, 0.3) is 0 Å². The Morgan fingerprint density at radius 2 is 2.18 bits per heavy atom. The van der Waals surface area contributed by atoms with Crippen LogP contribution in [0.1, 0.15) is 25.0 Å². The smallest absolute Gasteiger partial charge is 0.189 e. The van der Waals surface area contributed by atoms with E-state index < -0.39 is 0 Å². The molecule has 4 heteroatoms. The molecule has 0 saturated carbocycles. The molecule has 94 valence electrons. The molecule has 0 aliphatic rings. The monoisotopic (exact) mass is 235 g/mol. The highest BCUT2D eigenvalue weighted by atomic mass is 16.5. The van der Waals surface area contributed by atoms with Crippen molar-refractivity contribution in [3.63, 3.8) is 0 Å². The number of nitrogens with zero attached hydrogens (tertiary/aromatic N) is 1. The van der Waals surface area contributed by atoms with E-state index in [1.54, 1.807) is 7.11 Å². The lowest BCUT2D eigenvalue weighted by Crippen LogP contribution is -2.36. The van der Waals surface area contributed by atoms with Gasteiger partial charge in [0.1, 0.15) is 5.75 Å². The molecule has 0 amide bonds. The maximum Gasteiger partial charge on any atom is 0.189 e. The summed E-state index contributed by atoms with van der Waals surface area (Å²) >= 11 is 0. The van der Waals surface area contributed by atoms with Crippen LogP contribution in [0.3, 0.4) is 0 Å². The molecule has 3 N–H and O–H groups in total. The number of benzene rings is 1. The van der Waals surface area contributed by atoms with Crippen LogP contribution in [-0.2, 0) is 6.54 Å². The number of methoxy groups -OCH3 is 1. The minimum atomic E-state index is 0.298. The molecule has 0 fully saturated rings. The fourth-order valence-electron chi connectivity index (χ4n) is 1.48. The first-order valence-corrected chi connectivity index (χ1v) is 5.73. The SMILES string of the molecule is COc1cc(CN=C(N)NC(C)C)ccc1C. The fraction of sp³-hybridized carbons (Fsp3) is 0.462. The summed E-state index contributed by atoms with van der Waals surface area (Å²) in [5.41, 5.74) is 7.93. The first-order valence-electron chi connectivity index (χ1n) is 5.73. The molecule has 1 rings (SSSR count). The van der Waals surface area contributed by atoms with Crippen molar-refractivity contribution in [3.8, 4) is 5.75 Å². The molecule has 0 aromatic heterocycles. The van der Waals surface area contributed by atoms with Gasteiger partial charge in [0.05, 0.1) is 13.7 Å². The minimum Gasteiger partial charge on any atom is -0.496 e. The molecule has 1 aromatic carbocycles. The van der Waals surface area contributed by atoms with E-state index in [0.717, 1.165) is 16.9 Å². The highest BCUT2D eigenvalue weighted by Gasteiger charge is 2.00. The van der Waals surface area contributed by atoms with Gasteiger partial charge >= 0.3 is 0 Å². The second kappa shape index (κ2) is 6.13. The van der Waals surface area contributed by atoms with Crippen molar-refractivity contribution in [1.82, 2.24) is 5.32 Å². The molecule has 0 saturated heterocycles. The summed E-state index contributed by atoms with van der Waals surface area (Å²) in [6.07, 6.45) is 0. The van der Waals surface area contributed by atoms with Gasteiger partial charge in [0.15, 0.2) is 5.96 Å². The molecule has 0 spiro atoms. The Morgan fingerprint density at radius 3 is 2.76 bits per heavy atom. The van der Waals surface area contributed by atoms with Gasteiger partial charge in [-0.3, -0.25) is 0 Å². The lowest BCUT2D eigenvalue weighted by molar-refractivity contribution is 0.411. The molecule has 0 unspecified atom stereocenters. The normalized spacial score (nSPS) is 11.7. The highest BCUT2D eigenvalue weighted by molar-refractivity contribution is 5.78. The molecule has 0 radical (unpaired) electrons. The van der Waals surface area contributed by atoms with Gasteiger partial charge in [-0.05, 0) is 38.0 Å². The molecule has 1 aromatic rings. The van der Waals surface area contributed by atoms with Crippen molar-refractivity contribution < 1.29 is 4.74 Å². The van der Waals surface area contributed by atoms with Crippen molar-refractivity contribution in [3.05, 3.63) is 29.3 Å². The summed E-state index contributed by atoms with van der Waals surface area (Å²) in [6.45, 7) is 6.62. The Morgan fingerprint density at radius 1 is 1.47 bits per heavy atom. The molecule has 0 atom stereocenters. The summed E-state index contributed by atoms with van der Waals surface area (Å²) in [5, 5.41) is 3.05. The van der Waals surface area contributed by atoms with Crippen molar-refractivity contribution in [2.75, 3.05) is 7.11 Å². The lowest BCUT2D eigenvalue weighted by atomic mass is 10.1. The van der Waals surface area contributed by atoms with Gasteiger partial charge < -0.3 is 15.8 Å². The zero-order chi connectivity index (χ0) is 12.8. The van der Waals surface area contributed by atoms with Crippen LogP contribution < -0.4 is 15.8 Å². The number of aryl methyl sites for hydroxylation is 1. The van der Waals surface area contributed by atoms with Crippen molar-refractivity contribution in [1.29, 1.82) is 0 Å². The van der Waals surface area contributed by atoms with Crippen LogP contribution in [0.15, 0.2) is 23.2 Å². The van der Waals surface area contributed by atoms with E-state index in [2.05, 4.69) is 10.3 Å². The number of hydrogen-bond acceptors (Lipinski definition) is 2. The van der Waals surface area contributed by atoms with Crippen LogP contribution in [0.4, 0.5) is 0 Å². The van der Waals surface area contributed by atoms with Crippen molar-refractivity contribution in [2.45, 2.75) is 33.4 Å². The molecule has 0 bridgehead atoms.